The Morgan fingerprint density at radius 1 is 0.471 bits per heavy atom. The number of benzene rings is 6. The summed E-state index contributed by atoms with van der Waals surface area (Å²) in [6, 6.07) is 43.9. The van der Waals surface area contributed by atoms with Gasteiger partial charge in [0, 0.05) is 43.2 Å². The second-order valence-electron chi connectivity index (χ2n) is 27.6. The lowest BCUT2D eigenvalue weighted by molar-refractivity contribution is 0.332. The highest BCUT2D eigenvalue weighted by molar-refractivity contribution is 7.33. The molecule has 0 saturated heterocycles. The molecule has 360 valence electrons. The summed E-state index contributed by atoms with van der Waals surface area (Å²) in [6.45, 7) is 41.3. The predicted octanol–water partition coefficient (Wildman–Crippen LogP) is 17.2. The Balaban J connectivity index is 1.33. The van der Waals surface area contributed by atoms with Gasteiger partial charge >= 0.3 is 0 Å². The Morgan fingerprint density at radius 3 is 1.61 bits per heavy atom. The molecule has 1 aromatic heterocycles. The van der Waals surface area contributed by atoms with Crippen LogP contribution in [0.4, 0.5) is 34.1 Å². The third kappa shape index (κ3) is 7.22. The van der Waals surface area contributed by atoms with Crippen LogP contribution in [-0.2, 0) is 37.9 Å². The number of hydrogen-bond acceptors (Lipinski definition) is 3. The standard InChI is InChI=1S/C66H77BN2S/c1-60(2,3)41-23-26-44(27-24-41)68-52-36-43(62(7,8)9)37-53-56(52)67(50-29-28-47-55(58(50)68)66(16,17)34-33-63(47,10)11)59-57(46-38-48-49(39-54(46)70-59)65(14,15)32-31-64(48,12)13)69(53)51-30-25-42(61(4,5)6)35-45(51)40-21-19-18-20-22-40/h18-30,35-39H,31-34H2,1-17H3. The van der Waals surface area contributed by atoms with E-state index in [2.05, 4.69) is 248 Å². The number of nitrogens with zero attached hydrogens (tertiary/aromatic N) is 2. The van der Waals surface area contributed by atoms with Crippen LogP contribution in [0.2, 0.25) is 0 Å². The molecule has 70 heavy (non-hydrogen) atoms. The van der Waals surface area contributed by atoms with Crippen molar-refractivity contribution in [3.05, 3.63) is 148 Å². The molecule has 0 amide bonds. The second kappa shape index (κ2) is 15.2. The fourth-order valence-electron chi connectivity index (χ4n) is 12.9. The van der Waals surface area contributed by atoms with E-state index in [0.717, 1.165) is 6.42 Å². The topological polar surface area (TPSA) is 6.48 Å². The van der Waals surface area contributed by atoms with Crippen LogP contribution < -0.4 is 25.5 Å². The first-order chi connectivity index (χ1) is 32.6. The Bertz CT molecular complexity index is 3270. The van der Waals surface area contributed by atoms with Crippen LogP contribution in [0.1, 0.15) is 182 Å². The van der Waals surface area contributed by atoms with E-state index in [1.807, 2.05) is 0 Å². The molecule has 11 rings (SSSR count). The maximum absolute atomic E-state index is 2.76. The molecule has 4 aliphatic rings. The van der Waals surface area contributed by atoms with E-state index in [-0.39, 0.29) is 44.6 Å². The summed E-state index contributed by atoms with van der Waals surface area (Å²) >= 11 is 2.07. The van der Waals surface area contributed by atoms with Crippen molar-refractivity contribution in [1.29, 1.82) is 0 Å². The average Bonchev–Trinajstić information content (AvgIpc) is 3.66. The molecule has 2 aliphatic carbocycles. The zero-order valence-electron chi connectivity index (χ0n) is 45.6. The number of thiophene rings is 1. The fourth-order valence-corrected chi connectivity index (χ4v) is 14.2. The summed E-state index contributed by atoms with van der Waals surface area (Å²) in [4.78, 5) is 5.51. The van der Waals surface area contributed by atoms with Crippen molar-refractivity contribution in [3.8, 4) is 11.1 Å². The van der Waals surface area contributed by atoms with Crippen molar-refractivity contribution in [2.75, 3.05) is 9.80 Å². The molecule has 4 heteroatoms. The van der Waals surface area contributed by atoms with Crippen LogP contribution in [0.5, 0.6) is 0 Å². The first-order valence-electron chi connectivity index (χ1n) is 26.5. The molecule has 0 N–H and O–H groups in total. The smallest absolute Gasteiger partial charge is 0.264 e. The van der Waals surface area contributed by atoms with Crippen LogP contribution in [0.15, 0.2) is 109 Å². The predicted molar refractivity (Wildman–Crippen MR) is 308 cm³/mol. The second-order valence-corrected chi connectivity index (χ2v) is 28.7. The molecule has 0 radical (unpaired) electrons. The van der Waals surface area contributed by atoms with E-state index in [0.29, 0.717) is 0 Å². The minimum absolute atomic E-state index is 0.0215. The van der Waals surface area contributed by atoms with Gasteiger partial charge in [-0.05, 0) is 168 Å². The third-order valence-electron chi connectivity index (χ3n) is 17.6. The quantitative estimate of drug-likeness (QED) is 0.163. The molecule has 0 fully saturated rings. The van der Waals surface area contributed by atoms with Gasteiger partial charge < -0.3 is 9.80 Å². The molecule has 0 saturated carbocycles. The van der Waals surface area contributed by atoms with E-state index >= 15 is 0 Å². The highest BCUT2D eigenvalue weighted by atomic mass is 32.1. The average molecular weight is 941 g/mol. The zero-order chi connectivity index (χ0) is 50.0. The van der Waals surface area contributed by atoms with Crippen molar-refractivity contribution in [2.45, 2.75) is 181 Å². The van der Waals surface area contributed by atoms with Crippen LogP contribution >= 0.6 is 11.3 Å². The maximum Gasteiger partial charge on any atom is 0.264 e. The van der Waals surface area contributed by atoms with E-state index in [9.17, 15) is 0 Å². The van der Waals surface area contributed by atoms with Crippen molar-refractivity contribution in [2.24, 2.45) is 0 Å². The molecule has 7 aromatic rings. The highest BCUT2D eigenvalue weighted by Crippen LogP contribution is 2.57. The Labute approximate surface area is 426 Å². The van der Waals surface area contributed by atoms with E-state index in [1.54, 1.807) is 0 Å². The van der Waals surface area contributed by atoms with Gasteiger partial charge in [-0.3, -0.25) is 0 Å². The Morgan fingerprint density at radius 2 is 1.01 bits per heavy atom. The SMILES string of the molecule is CC(C)(C)c1ccc(N2c3cc(C(C)(C)C)cc4c3B(c3ccc5c(c32)C(C)(C)CCC5(C)C)c2sc3cc5c(cc3c2N4c2ccc(C(C)(C)C)cc2-c2ccccc2)C(C)(C)CCC5(C)C)cc1. The van der Waals surface area contributed by atoms with Crippen LogP contribution in [-0.4, -0.2) is 6.71 Å². The molecular formula is C66H77BN2S. The van der Waals surface area contributed by atoms with Gasteiger partial charge in [0.1, 0.15) is 0 Å². The number of rotatable bonds is 3. The van der Waals surface area contributed by atoms with Gasteiger partial charge in [-0.1, -0.05) is 178 Å². The summed E-state index contributed by atoms with van der Waals surface area (Å²) in [5, 5.41) is 1.39. The van der Waals surface area contributed by atoms with Crippen LogP contribution in [0.25, 0.3) is 21.2 Å². The lowest BCUT2D eigenvalue weighted by Crippen LogP contribution is -2.61. The minimum atomic E-state index is -0.129. The molecule has 0 spiro atoms. The van der Waals surface area contributed by atoms with E-state index in [1.165, 1.54) is 129 Å². The molecule has 0 bridgehead atoms. The number of anilines is 6. The highest BCUT2D eigenvalue weighted by Gasteiger charge is 2.50. The summed E-state index contributed by atoms with van der Waals surface area (Å²) < 4.78 is 2.86. The third-order valence-corrected chi connectivity index (χ3v) is 18.8. The molecule has 0 atom stereocenters. The molecule has 2 nitrogen and oxygen atoms in total. The number of hydrogen-bond donors (Lipinski definition) is 0. The first kappa shape index (κ1) is 47.3. The van der Waals surface area contributed by atoms with Crippen molar-refractivity contribution in [1.82, 2.24) is 0 Å². The van der Waals surface area contributed by atoms with E-state index < -0.39 is 0 Å². The van der Waals surface area contributed by atoms with Gasteiger partial charge in [0.2, 0.25) is 0 Å². The van der Waals surface area contributed by atoms with Gasteiger partial charge in [-0.15, -0.1) is 11.3 Å². The summed E-state index contributed by atoms with van der Waals surface area (Å²) in [5.41, 5.74) is 23.5. The van der Waals surface area contributed by atoms with Crippen molar-refractivity contribution in [3.63, 3.8) is 0 Å². The minimum Gasteiger partial charge on any atom is -0.311 e. The van der Waals surface area contributed by atoms with Crippen molar-refractivity contribution >= 4 is 78.0 Å². The lowest BCUT2D eigenvalue weighted by atomic mass is 9.35. The monoisotopic (exact) mass is 941 g/mol. The lowest BCUT2D eigenvalue weighted by Gasteiger charge is -2.49. The van der Waals surface area contributed by atoms with Gasteiger partial charge in [-0.2, -0.15) is 0 Å². The van der Waals surface area contributed by atoms with E-state index in [4.69, 9.17) is 0 Å². The van der Waals surface area contributed by atoms with Gasteiger partial charge in [0.25, 0.3) is 6.71 Å². The molecule has 0 unspecified atom stereocenters. The van der Waals surface area contributed by atoms with Gasteiger partial charge in [0.05, 0.1) is 11.4 Å². The molecular weight excluding hydrogens is 864 g/mol. The maximum atomic E-state index is 2.76. The molecule has 2 aliphatic heterocycles. The normalized spacial score (nSPS) is 18.5. The largest absolute Gasteiger partial charge is 0.311 e. The Kier molecular flexibility index (Phi) is 10.3. The van der Waals surface area contributed by atoms with Gasteiger partial charge in [0.15, 0.2) is 0 Å². The summed E-state index contributed by atoms with van der Waals surface area (Å²) in [6.07, 6.45) is 4.70. The van der Waals surface area contributed by atoms with Crippen LogP contribution in [0, 0.1) is 0 Å². The summed E-state index contributed by atoms with van der Waals surface area (Å²) in [5.74, 6) is 0. The fraction of sp³-hybridized carbons (Fsp3) is 0.424. The van der Waals surface area contributed by atoms with Gasteiger partial charge in [-0.25, -0.2) is 0 Å². The zero-order valence-corrected chi connectivity index (χ0v) is 46.4. The molecule has 6 aromatic carbocycles. The Hall–Kier alpha value is -5.06. The number of fused-ring (bicyclic) bond motifs is 9. The van der Waals surface area contributed by atoms with Crippen molar-refractivity contribution < 1.29 is 0 Å². The van der Waals surface area contributed by atoms with Crippen LogP contribution in [0.3, 0.4) is 0 Å². The molecule has 3 heterocycles. The summed E-state index contributed by atoms with van der Waals surface area (Å²) in [7, 11) is 0. The first-order valence-corrected chi connectivity index (χ1v) is 27.3.